The lowest BCUT2D eigenvalue weighted by molar-refractivity contribution is 0.0606. The number of nitrogens with zero attached hydrogens (tertiary/aromatic N) is 2. The average Bonchev–Trinajstić information content (AvgIpc) is 2.78. The highest BCUT2D eigenvalue weighted by molar-refractivity contribution is 7.15. The van der Waals surface area contributed by atoms with Crippen LogP contribution in [0.15, 0.2) is 23.3 Å². The second-order valence-corrected chi connectivity index (χ2v) is 4.08. The Labute approximate surface area is 98.8 Å². The molecule has 0 saturated carbocycles. The summed E-state index contributed by atoms with van der Waals surface area (Å²) in [6.07, 6.45) is 1.92. The molecule has 0 aliphatic rings. The van der Waals surface area contributed by atoms with Gasteiger partial charge in [-0.3, -0.25) is 5.01 Å². The molecular weight excluding hydrogens is 224 g/mol. The van der Waals surface area contributed by atoms with E-state index in [9.17, 15) is 4.79 Å². The van der Waals surface area contributed by atoms with Crippen molar-refractivity contribution < 1.29 is 9.53 Å². The largest absolute Gasteiger partial charge is 0.465 e. The molecule has 0 N–H and O–H groups in total. The van der Waals surface area contributed by atoms with Crippen molar-refractivity contribution in [3.05, 3.63) is 28.0 Å². The predicted molar refractivity (Wildman–Crippen MR) is 66.6 cm³/mol. The molecule has 1 aromatic rings. The van der Waals surface area contributed by atoms with Crippen LogP contribution in [0.2, 0.25) is 0 Å². The van der Waals surface area contributed by atoms with Crippen molar-refractivity contribution in [2.45, 2.75) is 6.92 Å². The molecule has 5 heteroatoms. The predicted octanol–water partition coefficient (Wildman–Crippen LogP) is 2.44. The molecule has 0 amide bonds. The first-order chi connectivity index (χ1) is 7.63. The van der Waals surface area contributed by atoms with Crippen LogP contribution in [0.3, 0.4) is 0 Å². The number of allylic oxidation sites excluding steroid dienone is 1. The monoisotopic (exact) mass is 238 g/mol. The van der Waals surface area contributed by atoms with Gasteiger partial charge in [-0.1, -0.05) is 6.08 Å². The van der Waals surface area contributed by atoms with Gasteiger partial charge in [-0.2, -0.15) is 5.10 Å². The van der Waals surface area contributed by atoms with Crippen molar-refractivity contribution in [2.24, 2.45) is 5.10 Å². The first-order valence-corrected chi connectivity index (χ1v) is 5.50. The normalized spacial score (nSPS) is 11.1. The molecule has 0 unspecified atom stereocenters. The SMILES string of the molecule is C=NN(C)/C(=C\C)c1ccc(C(=O)OC)s1. The summed E-state index contributed by atoms with van der Waals surface area (Å²) in [5.74, 6) is -0.319. The van der Waals surface area contributed by atoms with Gasteiger partial charge in [0, 0.05) is 13.8 Å². The van der Waals surface area contributed by atoms with Crippen LogP contribution >= 0.6 is 11.3 Å². The average molecular weight is 238 g/mol. The lowest BCUT2D eigenvalue weighted by Crippen LogP contribution is -2.07. The van der Waals surface area contributed by atoms with Crippen molar-refractivity contribution in [2.75, 3.05) is 14.2 Å². The van der Waals surface area contributed by atoms with E-state index in [1.807, 2.05) is 19.1 Å². The van der Waals surface area contributed by atoms with Gasteiger partial charge >= 0.3 is 5.97 Å². The van der Waals surface area contributed by atoms with Gasteiger partial charge in [0.05, 0.1) is 17.7 Å². The van der Waals surface area contributed by atoms with Crippen molar-refractivity contribution >= 4 is 29.7 Å². The topological polar surface area (TPSA) is 41.9 Å². The summed E-state index contributed by atoms with van der Waals surface area (Å²) in [6.45, 7) is 5.37. The second-order valence-electron chi connectivity index (χ2n) is 2.99. The van der Waals surface area contributed by atoms with E-state index < -0.39 is 0 Å². The highest BCUT2D eigenvalue weighted by atomic mass is 32.1. The summed E-state index contributed by atoms with van der Waals surface area (Å²) in [4.78, 5) is 12.8. The zero-order valence-electron chi connectivity index (χ0n) is 9.56. The molecule has 1 rings (SSSR count). The molecule has 0 radical (unpaired) electrons. The van der Waals surface area contributed by atoms with Gasteiger partial charge in [0.1, 0.15) is 4.88 Å². The van der Waals surface area contributed by atoms with E-state index >= 15 is 0 Å². The van der Waals surface area contributed by atoms with E-state index in [4.69, 9.17) is 0 Å². The van der Waals surface area contributed by atoms with Crippen molar-refractivity contribution in [1.29, 1.82) is 0 Å². The molecule has 0 aliphatic carbocycles. The number of carbonyl (C=O) groups excluding carboxylic acids is 1. The second kappa shape index (κ2) is 5.46. The van der Waals surface area contributed by atoms with Crippen LogP contribution in [-0.4, -0.2) is 31.9 Å². The molecule has 0 fully saturated rings. The van der Waals surface area contributed by atoms with Crippen LogP contribution in [-0.2, 0) is 4.74 Å². The molecule has 0 atom stereocenters. The lowest BCUT2D eigenvalue weighted by atomic mass is 10.3. The van der Waals surface area contributed by atoms with Crippen LogP contribution in [0.5, 0.6) is 0 Å². The Hall–Kier alpha value is -1.62. The molecular formula is C11H14N2O2S. The fourth-order valence-electron chi connectivity index (χ4n) is 1.25. The van der Waals surface area contributed by atoms with Crippen LogP contribution in [0.25, 0.3) is 5.70 Å². The number of hydrogen-bond donors (Lipinski definition) is 0. The molecule has 0 spiro atoms. The number of esters is 1. The number of hydrogen-bond acceptors (Lipinski definition) is 5. The summed E-state index contributed by atoms with van der Waals surface area (Å²) in [5, 5.41) is 5.48. The Bertz CT molecular complexity index is 423. The first kappa shape index (κ1) is 12.4. The van der Waals surface area contributed by atoms with Gasteiger partial charge in [-0.25, -0.2) is 4.79 Å². The van der Waals surface area contributed by atoms with Gasteiger partial charge < -0.3 is 4.74 Å². The highest BCUT2D eigenvalue weighted by Crippen LogP contribution is 2.26. The fraction of sp³-hybridized carbons (Fsp3) is 0.273. The first-order valence-electron chi connectivity index (χ1n) is 4.69. The summed E-state index contributed by atoms with van der Waals surface area (Å²) < 4.78 is 4.65. The molecule has 0 saturated heterocycles. The van der Waals surface area contributed by atoms with Gasteiger partial charge in [-0.05, 0) is 19.1 Å². The quantitative estimate of drug-likeness (QED) is 0.459. The van der Waals surface area contributed by atoms with Gasteiger partial charge in [0.2, 0.25) is 0 Å². The summed E-state index contributed by atoms with van der Waals surface area (Å²) >= 11 is 1.37. The lowest BCUT2D eigenvalue weighted by Gasteiger charge is -2.14. The number of ether oxygens (including phenoxy) is 1. The van der Waals surface area contributed by atoms with Crippen molar-refractivity contribution in [3.8, 4) is 0 Å². The van der Waals surface area contributed by atoms with Crippen molar-refractivity contribution in [1.82, 2.24) is 5.01 Å². The zero-order chi connectivity index (χ0) is 12.1. The Balaban J connectivity index is 3.01. The molecule has 4 nitrogen and oxygen atoms in total. The maximum atomic E-state index is 11.3. The number of hydrazone groups is 1. The third-order valence-electron chi connectivity index (χ3n) is 2.08. The van der Waals surface area contributed by atoms with E-state index in [2.05, 4.69) is 16.6 Å². The van der Waals surface area contributed by atoms with Crippen LogP contribution in [0, 0.1) is 0 Å². The van der Waals surface area contributed by atoms with E-state index in [0.29, 0.717) is 4.88 Å². The number of carbonyl (C=O) groups is 1. The Morgan fingerprint density at radius 3 is 2.69 bits per heavy atom. The van der Waals surface area contributed by atoms with Crippen LogP contribution < -0.4 is 0 Å². The molecule has 1 aromatic heterocycles. The van der Waals surface area contributed by atoms with E-state index in [1.165, 1.54) is 18.4 Å². The van der Waals surface area contributed by atoms with E-state index in [0.717, 1.165) is 10.6 Å². The number of methoxy groups -OCH3 is 1. The Morgan fingerprint density at radius 2 is 2.19 bits per heavy atom. The minimum absolute atomic E-state index is 0.319. The summed E-state index contributed by atoms with van der Waals surface area (Å²) in [7, 11) is 3.18. The maximum Gasteiger partial charge on any atom is 0.348 e. The maximum absolute atomic E-state index is 11.3. The minimum atomic E-state index is -0.319. The fourth-order valence-corrected chi connectivity index (χ4v) is 2.28. The summed E-state index contributed by atoms with van der Waals surface area (Å²) in [6, 6.07) is 3.61. The standard InChI is InChI=1S/C11H14N2O2S/c1-5-8(13(3)12-2)9-6-7-10(16-9)11(14)15-4/h5-7H,2H2,1,3-4H3/b8-5-. The van der Waals surface area contributed by atoms with Crippen LogP contribution in [0.1, 0.15) is 21.5 Å². The van der Waals surface area contributed by atoms with E-state index in [-0.39, 0.29) is 5.97 Å². The molecule has 0 aromatic carbocycles. The zero-order valence-corrected chi connectivity index (χ0v) is 10.4. The van der Waals surface area contributed by atoms with Gasteiger partial charge in [0.15, 0.2) is 0 Å². The van der Waals surface area contributed by atoms with Crippen LogP contribution in [0.4, 0.5) is 0 Å². The Kier molecular flexibility index (Phi) is 4.25. The van der Waals surface area contributed by atoms with Gasteiger partial charge in [-0.15, -0.1) is 11.3 Å². The third kappa shape index (κ3) is 2.49. The third-order valence-corrected chi connectivity index (χ3v) is 3.17. The molecule has 0 aliphatic heterocycles. The molecule has 86 valence electrons. The van der Waals surface area contributed by atoms with E-state index in [1.54, 1.807) is 18.1 Å². The number of thiophene rings is 1. The van der Waals surface area contributed by atoms with Gasteiger partial charge in [0.25, 0.3) is 0 Å². The minimum Gasteiger partial charge on any atom is -0.465 e. The molecule has 16 heavy (non-hydrogen) atoms. The Morgan fingerprint density at radius 1 is 1.56 bits per heavy atom. The smallest absolute Gasteiger partial charge is 0.348 e. The highest BCUT2D eigenvalue weighted by Gasteiger charge is 2.13. The summed E-state index contributed by atoms with van der Waals surface area (Å²) in [5.41, 5.74) is 0.912. The molecule has 1 heterocycles. The molecule has 0 bridgehead atoms. The van der Waals surface area contributed by atoms with Crippen molar-refractivity contribution in [3.63, 3.8) is 0 Å². The number of rotatable bonds is 4.